The highest BCUT2D eigenvalue weighted by atomic mass is 127. The van der Waals surface area contributed by atoms with Crippen LogP contribution in [-0.4, -0.2) is 46.0 Å². The summed E-state index contributed by atoms with van der Waals surface area (Å²) >= 11 is 0. The van der Waals surface area contributed by atoms with Crippen LogP contribution in [0.2, 0.25) is 0 Å². The van der Waals surface area contributed by atoms with Crippen molar-refractivity contribution in [3.63, 3.8) is 0 Å². The highest BCUT2D eigenvalue weighted by molar-refractivity contribution is 14.0. The highest BCUT2D eigenvalue weighted by Crippen LogP contribution is 2.26. The van der Waals surface area contributed by atoms with Crippen LogP contribution < -0.4 is 10.6 Å². The van der Waals surface area contributed by atoms with Crippen molar-refractivity contribution in [1.82, 2.24) is 10.6 Å². The van der Waals surface area contributed by atoms with Crippen LogP contribution in [0, 0.1) is 5.92 Å². The van der Waals surface area contributed by atoms with E-state index in [0.717, 1.165) is 18.9 Å². The van der Waals surface area contributed by atoms with Crippen molar-refractivity contribution in [2.24, 2.45) is 10.9 Å². The molecule has 1 aliphatic rings. The minimum atomic E-state index is -2.91. The quantitative estimate of drug-likeness (QED) is 0.261. The first-order chi connectivity index (χ1) is 10.1. The van der Waals surface area contributed by atoms with Crippen molar-refractivity contribution >= 4 is 39.8 Å². The first kappa shape index (κ1) is 21.9. The number of halogens is 1. The molecule has 0 radical (unpaired) electrons. The number of nitrogens with zero attached hydrogens (tertiary/aromatic N) is 1. The van der Waals surface area contributed by atoms with E-state index in [1.807, 2.05) is 0 Å². The molecule has 0 unspecified atom stereocenters. The van der Waals surface area contributed by atoms with E-state index in [0.29, 0.717) is 12.5 Å². The van der Waals surface area contributed by atoms with Gasteiger partial charge >= 0.3 is 0 Å². The van der Waals surface area contributed by atoms with Crippen molar-refractivity contribution in [3.8, 4) is 0 Å². The Balaban J connectivity index is 0.00000441. The van der Waals surface area contributed by atoms with Gasteiger partial charge in [0.25, 0.3) is 0 Å². The largest absolute Gasteiger partial charge is 0.356 e. The van der Waals surface area contributed by atoms with Crippen LogP contribution in [0.5, 0.6) is 0 Å². The zero-order valence-corrected chi connectivity index (χ0v) is 17.1. The van der Waals surface area contributed by atoms with E-state index in [1.165, 1.54) is 38.5 Å². The van der Waals surface area contributed by atoms with E-state index < -0.39 is 9.84 Å². The Hall–Kier alpha value is -0.0500. The minimum absolute atomic E-state index is 0. The Morgan fingerprint density at radius 3 is 2.36 bits per heavy atom. The van der Waals surface area contributed by atoms with Crippen molar-refractivity contribution in [3.05, 3.63) is 0 Å². The normalized spacial score (nSPS) is 16.9. The van der Waals surface area contributed by atoms with Gasteiger partial charge < -0.3 is 10.6 Å². The summed E-state index contributed by atoms with van der Waals surface area (Å²) in [6, 6.07) is 0. The third-order valence-electron chi connectivity index (χ3n) is 4.18. The molecule has 0 aromatic rings. The molecule has 7 heteroatoms. The van der Waals surface area contributed by atoms with Crippen LogP contribution in [-0.2, 0) is 9.84 Å². The molecule has 0 amide bonds. The summed E-state index contributed by atoms with van der Waals surface area (Å²) in [5.74, 6) is 1.96. The van der Waals surface area contributed by atoms with E-state index >= 15 is 0 Å². The molecule has 0 aromatic heterocycles. The molecule has 5 nitrogen and oxygen atoms in total. The maximum Gasteiger partial charge on any atom is 0.191 e. The number of guanidine groups is 1. The molecule has 0 bridgehead atoms. The van der Waals surface area contributed by atoms with Gasteiger partial charge in [-0.1, -0.05) is 39.0 Å². The number of nitrogens with one attached hydrogen (secondary N) is 2. The molecule has 0 saturated heterocycles. The van der Waals surface area contributed by atoms with Crippen LogP contribution in [0.25, 0.3) is 0 Å². The second kappa shape index (κ2) is 12.4. The molecule has 1 aliphatic carbocycles. The fourth-order valence-corrected chi connectivity index (χ4v) is 3.46. The third-order valence-corrected chi connectivity index (χ3v) is 5.88. The maximum atomic E-state index is 11.4. The summed E-state index contributed by atoms with van der Waals surface area (Å²) in [6.07, 6.45) is 9.42. The first-order valence-corrected chi connectivity index (χ1v) is 10.0. The summed E-state index contributed by atoms with van der Waals surface area (Å²) < 4.78 is 22.8. The Kier molecular flexibility index (Phi) is 12.4. The van der Waals surface area contributed by atoms with Gasteiger partial charge in [-0.25, -0.2) is 8.42 Å². The number of hydrogen-bond acceptors (Lipinski definition) is 3. The summed E-state index contributed by atoms with van der Waals surface area (Å²) in [5, 5.41) is 6.32. The Morgan fingerprint density at radius 1 is 1.14 bits per heavy atom. The Morgan fingerprint density at radius 2 is 1.77 bits per heavy atom. The van der Waals surface area contributed by atoms with Crippen molar-refractivity contribution in [2.75, 3.05) is 31.6 Å². The van der Waals surface area contributed by atoms with Gasteiger partial charge in [0.15, 0.2) is 15.8 Å². The lowest BCUT2D eigenvalue weighted by Gasteiger charge is -2.21. The lowest BCUT2D eigenvalue weighted by atomic mass is 9.86. The summed E-state index contributed by atoms with van der Waals surface area (Å²) in [6.45, 7) is 2.99. The topological polar surface area (TPSA) is 70.6 Å². The van der Waals surface area contributed by atoms with E-state index in [4.69, 9.17) is 0 Å². The zero-order valence-electron chi connectivity index (χ0n) is 13.9. The maximum absolute atomic E-state index is 11.4. The van der Waals surface area contributed by atoms with Crippen molar-refractivity contribution in [1.29, 1.82) is 0 Å². The number of sulfone groups is 1. The van der Waals surface area contributed by atoms with E-state index in [9.17, 15) is 8.42 Å². The van der Waals surface area contributed by atoms with Crippen LogP contribution >= 0.6 is 24.0 Å². The Labute approximate surface area is 153 Å². The van der Waals surface area contributed by atoms with E-state index in [2.05, 4.69) is 15.6 Å². The predicted octanol–water partition coefficient (Wildman–Crippen LogP) is 2.56. The van der Waals surface area contributed by atoms with Crippen LogP contribution in [0.3, 0.4) is 0 Å². The first-order valence-electron chi connectivity index (χ1n) is 8.22. The summed E-state index contributed by atoms with van der Waals surface area (Å²) in [4.78, 5) is 4.12. The number of hydrogen-bond donors (Lipinski definition) is 2. The van der Waals surface area contributed by atoms with E-state index in [-0.39, 0.29) is 35.5 Å². The van der Waals surface area contributed by atoms with Gasteiger partial charge in [-0.05, 0) is 18.8 Å². The average molecular weight is 445 g/mol. The lowest BCUT2D eigenvalue weighted by Crippen LogP contribution is -2.40. The molecule has 0 spiro atoms. The van der Waals surface area contributed by atoms with Gasteiger partial charge in [0.1, 0.15) is 0 Å². The Bertz CT molecular complexity index is 407. The van der Waals surface area contributed by atoms with Crippen LogP contribution in [0.15, 0.2) is 4.99 Å². The van der Waals surface area contributed by atoms with Gasteiger partial charge in [0, 0.05) is 25.9 Å². The molecule has 1 saturated carbocycles. The molecular formula is C15H32IN3O2S. The van der Waals surface area contributed by atoms with Crippen LogP contribution in [0.4, 0.5) is 0 Å². The van der Waals surface area contributed by atoms with Gasteiger partial charge in [-0.2, -0.15) is 0 Å². The minimum Gasteiger partial charge on any atom is -0.356 e. The SMILES string of the molecule is CCS(=O)(=O)CCNC(=NC)NCCCC1CCCCC1.I. The molecule has 22 heavy (non-hydrogen) atoms. The average Bonchev–Trinajstić information content (AvgIpc) is 2.50. The molecule has 0 atom stereocenters. The van der Waals surface area contributed by atoms with Gasteiger partial charge in [0.2, 0.25) is 0 Å². The molecule has 1 fully saturated rings. The molecule has 1 rings (SSSR count). The standard InChI is InChI=1S/C15H31N3O2S.HI/c1-3-21(19,20)13-12-18-15(16-2)17-11-7-10-14-8-5-4-6-9-14;/h14H,3-13H2,1-2H3,(H2,16,17,18);1H. The fraction of sp³-hybridized carbons (Fsp3) is 0.933. The van der Waals surface area contributed by atoms with Crippen molar-refractivity contribution in [2.45, 2.75) is 51.9 Å². The zero-order chi connectivity index (χ0) is 15.6. The number of rotatable bonds is 8. The fourth-order valence-electron chi connectivity index (χ4n) is 2.76. The van der Waals surface area contributed by atoms with E-state index in [1.54, 1.807) is 14.0 Å². The molecule has 132 valence electrons. The smallest absolute Gasteiger partial charge is 0.191 e. The summed E-state index contributed by atoms with van der Waals surface area (Å²) in [5.41, 5.74) is 0. The lowest BCUT2D eigenvalue weighted by molar-refractivity contribution is 0.332. The van der Waals surface area contributed by atoms with Crippen LogP contribution in [0.1, 0.15) is 51.9 Å². The predicted molar refractivity (Wildman–Crippen MR) is 105 cm³/mol. The van der Waals surface area contributed by atoms with Gasteiger partial charge in [-0.15, -0.1) is 24.0 Å². The molecule has 0 heterocycles. The highest BCUT2D eigenvalue weighted by Gasteiger charge is 2.12. The monoisotopic (exact) mass is 445 g/mol. The molecular weight excluding hydrogens is 413 g/mol. The molecule has 2 N–H and O–H groups in total. The molecule has 0 aliphatic heterocycles. The van der Waals surface area contributed by atoms with Gasteiger partial charge in [0.05, 0.1) is 5.75 Å². The third kappa shape index (κ3) is 9.86. The second-order valence-electron chi connectivity index (χ2n) is 5.81. The molecule has 0 aromatic carbocycles. The van der Waals surface area contributed by atoms with Gasteiger partial charge in [-0.3, -0.25) is 4.99 Å². The second-order valence-corrected chi connectivity index (χ2v) is 8.28. The summed E-state index contributed by atoms with van der Waals surface area (Å²) in [7, 11) is -1.20. The van der Waals surface area contributed by atoms with Crippen molar-refractivity contribution < 1.29 is 8.42 Å². The number of aliphatic imine (C=N–C) groups is 1.